The second kappa shape index (κ2) is 5.72. The minimum Gasteiger partial charge on any atom is -0.464 e. The van der Waals surface area contributed by atoms with Gasteiger partial charge in [0.2, 0.25) is 0 Å². The van der Waals surface area contributed by atoms with E-state index in [2.05, 4.69) is 12.2 Å². The maximum atomic E-state index is 12.5. The highest BCUT2D eigenvalue weighted by atomic mass is 32.2. The van der Waals surface area contributed by atoms with Gasteiger partial charge in [0.25, 0.3) is 10.2 Å². The van der Waals surface area contributed by atoms with E-state index in [0.717, 1.165) is 5.76 Å². The maximum absolute atomic E-state index is 12.5. The number of rotatable bonds is 5. The average Bonchev–Trinajstić information content (AvgIpc) is 3.02. The zero-order chi connectivity index (χ0) is 15.0. The van der Waals surface area contributed by atoms with Crippen LogP contribution in [0.3, 0.4) is 0 Å². The summed E-state index contributed by atoms with van der Waals surface area (Å²) in [4.78, 5) is 0. The van der Waals surface area contributed by atoms with Crippen LogP contribution in [0.25, 0.3) is 0 Å². The van der Waals surface area contributed by atoms with Gasteiger partial charge in [0.1, 0.15) is 11.5 Å². The van der Waals surface area contributed by atoms with Gasteiger partial charge in [-0.1, -0.05) is 6.92 Å². The molecule has 2 fully saturated rings. The Labute approximate surface area is 126 Å². The number of nitrogens with one attached hydrogen (secondary N) is 1. The molecule has 118 valence electrons. The van der Waals surface area contributed by atoms with Crippen molar-refractivity contribution in [2.75, 3.05) is 33.2 Å². The van der Waals surface area contributed by atoms with Gasteiger partial charge < -0.3 is 9.73 Å². The van der Waals surface area contributed by atoms with Crippen molar-refractivity contribution in [2.45, 2.75) is 25.8 Å². The summed E-state index contributed by atoms with van der Waals surface area (Å²) in [6, 6.07) is 3.87. The molecule has 0 aromatic carbocycles. The van der Waals surface area contributed by atoms with Crippen molar-refractivity contribution >= 4 is 10.2 Å². The van der Waals surface area contributed by atoms with Crippen LogP contribution in [0, 0.1) is 5.92 Å². The van der Waals surface area contributed by atoms with Gasteiger partial charge in [-0.3, -0.25) is 0 Å². The summed E-state index contributed by atoms with van der Waals surface area (Å²) in [5.41, 5.74) is 0. The van der Waals surface area contributed by atoms with E-state index < -0.39 is 10.2 Å². The normalized spacial score (nSPS) is 27.2. The first-order valence-corrected chi connectivity index (χ1v) is 8.89. The van der Waals surface area contributed by atoms with Crippen molar-refractivity contribution < 1.29 is 12.8 Å². The summed E-state index contributed by atoms with van der Waals surface area (Å²) in [6.07, 6.45) is 1.17. The third kappa shape index (κ3) is 3.15. The highest BCUT2D eigenvalue weighted by Crippen LogP contribution is 2.47. The van der Waals surface area contributed by atoms with E-state index in [1.807, 2.05) is 12.1 Å². The van der Waals surface area contributed by atoms with E-state index in [4.69, 9.17) is 4.42 Å². The van der Waals surface area contributed by atoms with Gasteiger partial charge in [0.05, 0.1) is 6.54 Å². The predicted molar refractivity (Wildman–Crippen MR) is 80.1 cm³/mol. The lowest BCUT2D eigenvalue weighted by molar-refractivity contribution is 0.314. The van der Waals surface area contributed by atoms with Crippen LogP contribution in [0.1, 0.15) is 30.8 Å². The van der Waals surface area contributed by atoms with Crippen molar-refractivity contribution in [1.29, 1.82) is 0 Å². The average molecular weight is 313 g/mol. The van der Waals surface area contributed by atoms with E-state index >= 15 is 0 Å². The van der Waals surface area contributed by atoms with Crippen LogP contribution in [0.5, 0.6) is 0 Å². The first kappa shape index (κ1) is 15.0. The zero-order valence-corrected chi connectivity index (χ0v) is 13.4. The summed E-state index contributed by atoms with van der Waals surface area (Å²) in [5.74, 6) is 2.91. The maximum Gasteiger partial charge on any atom is 0.282 e. The molecular formula is C14H23N3O3S. The molecular weight excluding hydrogens is 290 g/mol. The molecule has 2 aliphatic rings. The van der Waals surface area contributed by atoms with Gasteiger partial charge in [0.15, 0.2) is 0 Å². The fourth-order valence-electron chi connectivity index (χ4n) is 2.77. The monoisotopic (exact) mass is 313 g/mol. The second-order valence-electron chi connectivity index (χ2n) is 6.04. The quantitative estimate of drug-likeness (QED) is 0.880. The highest BCUT2D eigenvalue weighted by Gasteiger charge is 2.37. The van der Waals surface area contributed by atoms with E-state index in [1.54, 1.807) is 7.05 Å². The number of hydrogen-bond donors (Lipinski definition) is 1. The number of hydrogen-bond acceptors (Lipinski definition) is 4. The molecule has 21 heavy (non-hydrogen) atoms. The van der Waals surface area contributed by atoms with Crippen LogP contribution in [0.4, 0.5) is 0 Å². The molecule has 1 aromatic rings. The highest BCUT2D eigenvalue weighted by molar-refractivity contribution is 7.86. The summed E-state index contributed by atoms with van der Waals surface area (Å²) in [5, 5.41) is 3.16. The third-order valence-corrected chi connectivity index (χ3v) is 6.27. The molecule has 0 amide bonds. The Kier molecular flexibility index (Phi) is 4.09. The van der Waals surface area contributed by atoms with Crippen molar-refractivity contribution in [2.24, 2.45) is 5.92 Å². The van der Waals surface area contributed by atoms with E-state index in [-0.39, 0.29) is 6.54 Å². The van der Waals surface area contributed by atoms with Gasteiger partial charge in [-0.05, 0) is 24.5 Å². The molecule has 1 aliphatic carbocycles. The van der Waals surface area contributed by atoms with Gasteiger partial charge in [-0.25, -0.2) is 0 Å². The lowest BCUT2D eigenvalue weighted by Crippen LogP contribution is -2.50. The second-order valence-corrected chi connectivity index (χ2v) is 8.07. The molecule has 0 bridgehead atoms. The zero-order valence-electron chi connectivity index (χ0n) is 12.6. The largest absolute Gasteiger partial charge is 0.464 e. The molecule has 2 atom stereocenters. The molecule has 2 heterocycles. The van der Waals surface area contributed by atoms with Crippen LogP contribution < -0.4 is 5.32 Å². The standard InChI is InChI=1S/C14H23N3O3S/c1-11-9-13(11)14-4-3-12(20-14)10-16(2)21(18,19)17-7-5-15-6-8-17/h3-4,11,13,15H,5-10H2,1-2H3. The number of nitrogens with zero attached hydrogens (tertiary/aromatic N) is 2. The summed E-state index contributed by atoms with van der Waals surface area (Å²) >= 11 is 0. The Morgan fingerprint density at radius 3 is 2.67 bits per heavy atom. The topological polar surface area (TPSA) is 65.8 Å². The third-order valence-electron chi connectivity index (χ3n) is 4.33. The van der Waals surface area contributed by atoms with Crippen LogP contribution in [0.15, 0.2) is 16.5 Å². The lowest BCUT2D eigenvalue weighted by atomic mass is 10.3. The van der Waals surface area contributed by atoms with Crippen LogP contribution >= 0.6 is 0 Å². The first-order chi connectivity index (χ1) is 9.98. The minimum atomic E-state index is -3.40. The molecule has 2 unspecified atom stereocenters. The van der Waals surface area contributed by atoms with Gasteiger partial charge in [-0.2, -0.15) is 17.0 Å². The Morgan fingerprint density at radius 2 is 2.05 bits per heavy atom. The molecule has 1 N–H and O–H groups in total. The van der Waals surface area contributed by atoms with Crippen molar-refractivity contribution in [3.63, 3.8) is 0 Å². The fraction of sp³-hybridized carbons (Fsp3) is 0.714. The lowest BCUT2D eigenvalue weighted by Gasteiger charge is -2.30. The van der Waals surface area contributed by atoms with Crippen LogP contribution in [-0.4, -0.2) is 50.3 Å². The molecule has 3 rings (SSSR count). The molecule has 6 nitrogen and oxygen atoms in total. The van der Waals surface area contributed by atoms with Gasteiger partial charge in [-0.15, -0.1) is 0 Å². The van der Waals surface area contributed by atoms with Crippen molar-refractivity contribution in [1.82, 2.24) is 13.9 Å². The molecule has 0 radical (unpaired) electrons. The van der Waals surface area contributed by atoms with Crippen molar-refractivity contribution in [3.05, 3.63) is 23.7 Å². The Morgan fingerprint density at radius 1 is 1.38 bits per heavy atom. The van der Waals surface area contributed by atoms with Gasteiger partial charge in [0, 0.05) is 39.1 Å². The number of furan rings is 1. The van der Waals surface area contributed by atoms with Crippen molar-refractivity contribution in [3.8, 4) is 0 Å². The Bertz CT molecular complexity index is 592. The molecule has 1 aromatic heterocycles. The first-order valence-electron chi connectivity index (χ1n) is 7.49. The van der Waals surface area contributed by atoms with Crippen LogP contribution in [-0.2, 0) is 16.8 Å². The van der Waals surface area contributed by atoms with E-state index in [9.17, 15) is 8.42 Å². The SMILES string of the molecule is CC1CC1c1ccc(CN(C)S(=O)(=O)N2CCNCC2)o1. The van der Waals surface area contributed by atoms with E-state index in [0.29, 0.717) is 43.8 Å². The molecule has 1 aliphatic heterocycles. The summed E-state index contributed by atoms with van der Waals surface area (Å²) in [6.45, 7) is 4.95. The Balaban J connectivity index is 1.64. The summed E-state index contributed by atoms with van der Waals surface area (Å²) in [7, 11) is -1.79. The number of piperazine rings is 1. The fourth-order valence-corrected chi connectivity index (χ4v) is 4.10. The molecule has 0 spiro atoms. The van der Waals surface area contributed by atoms with Gasteiger partial charge >= 0.3 is 0 Å². The minimum absolute atomic E-state index is 0.285. The predicted octanol–water partition coefficient (Wildman–Crippen LogP) is 0.985. The summed E-state index contributed by atoms with van der Waals surface area (Å²) < 4.78 is 33.6. The Hall–Kier alpha value is -0.890. The van der Waals surface area contributed by atoms with Crippen LogP contribution in [0.2, 0.25) is 0 Å². The smallest absolute Gasteiger partial charge is 0.282 e. The van der Waals surface area contributed by atoms with E-state index in [1.165, 1.54) is 15.0 Å². The molecule has 7 heteroatoms. The molecule has 1 saturated carbocycles. The molecule has 1 saturated heterocycles.